The number of likely N-dealkylation sites (tertiary alicyclic amines) is 1. The molecule has 0 aromatic carbocycles. The number of amides is 1. The summed E-state index contributed by atoms with van der Waals surface area (Å²) in [7, 11) is 0. The highest BCUT2D eigenvalue weighted by Crippen LogP contribution is 2.22. The molecule has 6 heteroatoms. The first kappa shape index (κ1) is 13.6. The molecule has 0 spiro atoms. The molecule has 0 atom stereocenters. The Morgan fingerprint density at radius 1 is 1.37 bits per heavy atom. The van der Waals surface area contributed by atoms with E-state index in [-0.39, 0.29) is 12.5 Å². The van der Waals surface area contributed by atoms with Crippen molar-refractivity contribution in [3.05, 3.63) is 24.0 Å². The van der Waals surface area contributed by atoms with Crippen LogP contribution in [0.4, 0.5) is 0 Å². The van der Waals surface area contributed by atoms with Crippen molar-refractivity contribution in [2.45, 2.75) is 31.9 Å². The summed E-state index contributed by atoms with van der Waals surface area (Å²) in [6.45, 7) is 2.52. The van der Waals surface area contributed by atoms with Crippen molar-refractivity contribution in [1.29, 1.82) is 0 Å². The van der Waals surface area contributed by atoms with Crippen LogP contribution in [0.25, 0.3) is 0 Å². The van der Waals surface area contributed by atoms with Gasteiger partial charge in [-0.3, -0.25) is 9.59 Å². The summed E-state index contributed by atoms with van der Waals surface area (Å²) < 4.78 is 1.43. The van der Waals surface area contributed by atoms with Gasteiger partial charge < -0.3 is 19.7 Å². The van der Waals surface area contributed by atoms with Crippen molar-refractivity contribution >= 4 is 11.9 Å². The minimum atomic E-state index is -0.980. The number of carboxylic acid groups (broad SMARTS) is 1. The molecule has 0 unspecified atom stereocenters. The van der Waals surface area contributed by atoms with Crippen LogP contribution in [0.2, 0.25) is 0 Å². The molecule has 0 radical (unpaired) electrons. The Morgan fingerprint density at radius 3 is 2.58 bits per heavy atom. The van der Waals surface area contributed by atoms with Crippen molar-refractivity contribution in [2.75, 3.05) is 13.1 Å². The predicted molar refractivity (Wildman–Crippen MR) is 67.8 cm³/mol. The number of aliphatic carboxylic acids is 1. The molecule has 2 N–H and O–H groups in total. The maximum atomic E-state index is 12.3. The third-order valence-corrected chi connectivity index (χ3v) is 3.48. The second-order valence-electron chi connectivity index (χ2n) is 5.20. The average molecular weight is 266 g/mol. The third-order valence-electron chi connectivity index (χ3n) is 3.48. The lowest BCUT2D eigenvalue weighted by Gasteiger charge is -2.35. The minimum Gasteiger partial charge on any atom is -0.480 e. The summed E-state index contributed by atoms with van der Waals surface area (Å²) in [4.78, 5) is 24.7. The molecule has 6 nitrogen and oxygen atoms in total. The van der Waals surface area contributed by atoms with Crippen LogP contribution >= 0.6 is 0 Å². The lowest BCUT2D eigenvalue weighted by atomic mass is 9.94. The Hall–Kier alpha value is -1.82. The molecule has 1 fully saturated rings. The fourth-order valence-corrected chi connectivity index (χ4v) is 2.25. The second-order valence-corrected chi connectivity index (χ2v) is 5.20. The Bertz CT molecular complexity index is 483. The van der Waals surface area contributed by atoms with Gasteiger partial charge >= 0.3 is 5.97 Å². The highest BCUT2D eigenvalue weighted by molar-refractivity contribution is 5.93. The number of carbonyl (C=O) groups excluding carboxylic acids is 1. The summed E-state index contributed by atoms with van der Waals surface area (Å²) in [6, 6.07) is 3.29. The molecule has 2 heterocycles. The van der Waals surface area contributed by atoms with Crippen LogP contribution in [0, 0.1) is 0 Å². The third kappa shape index (κ3) is 3.14. The molecule has 1 amide bonds. The first-order valence-corrected chi connectivity index (χ1v) is 6.28. The number of aliphatic hydroxyl groups is 1. The lowest BCUT2D eigenvalue weighted by Crippen LogP contribution is -2.45. The average Bonchev–Trinajstić information content (AvgIpc) is 2.75. The maximum absolute atomic E-state index is 12.3. The van der Waals surface area contributed by atoms with Crippen molar-refractivity contribution in [3.63, 3.8) is 0 Å². The van der Waals surface area contributed by atoms with E-state index in [1.165, 1.54) is 4.57 Å². The van der Waals surface area contributed by atoms with Gasteiger partial charge in [-0.15, -0.1) is 0 Å². The molecule has 2 rings (SSSR count). The van der Waals surface area contributed by atoms with E-state index in [2.05, 4.69) is 0 Å². The van der Waals surface area contributed by atoms with E-state index in [0.29, 0.717) is 31.6 Å². The van der Waals surface area contributed by atoms with Gasteiger partial charge in [-0.1, -0.05) is 0 Å². The zero-order valence-corrected chi connectivity index (χ0v) is 10.9. The maximum Gasteiger partial charge on any atom is 0.323 e. The number of piperidine rings is 1. The second kappa shape index (κ2) is 5.05. The molecular formula is C13H18N2O4. The molecular weight excluding hydrogens is 248 g/mol. The smallest absolute Gasteiger partial charge is 0.323 e. The number of hydrogen-bond acceptors (Lipinski definition) is 3. The molecule has 1 aliphatic heterocycles. The Morgan fingerprint density at radius 2 is 2.00 bits per heavy atom. The lowest BCUT2D eigenvalue weighted by molar-refractivity contribution is -0.137. The molecule has 1 saturated heterocycles. The molecule has 0 saturated carbocycles. The van der Waals surface area contributed by atoms with E-state index < -0.39 is 11.6 Å². The number of nitrogens with zero attached hydrogens (tertiary/aromatic N) is 2. The Labute approximate surface area is 111 Å². The zero-order chi connectivity index (χ0) is 14.0. The number of rotatable bonds is 3. The topological polar surface area (TPSA) is 82.8 Å². The highest BCUT2D eigenvalue weighted by Gasteiger charge is 2.30. The van der Waals surface area contributed by atoms with Gasteiger partial charge in [0.05, 0.1) is 5.60 Å². The summed E-state index contributed by atoms with van der Waals surface area (Å²) in [5.74, 6) is -1.16. The van der Waals surface area contributed by atoms with Gasteiger partial charge in [0.15, 0.2) is 0 Å². The summed E-state index contributed by atoms with van der Waals surface area (Å²) >= 11 is 0. The SMILES string of the molecule is CC1(O)CCN(C(=O)c2cccn2CC(=O)O)CC1. The van der Waals surface area contributed by atoms with Gasteiger partial charge in [0.1, 0.15) is 12.2 Å². The standard InChI is InChI=1S/C13H18N2O4/c1-13(19)4-7-14(8-5-13)12(18)10-3-2-6-15(10)9-11(16)17/h2-3,6,19H,4-5,7-9H2,1H3,(H,16,17). The van der Waals surface area contributed by atoms with Crippen LogP contribution < -0.4 is 0 Å². The van der Waals surface area contributed by atoms with Crippen LogP contribution in [0.3, 0.4) is 0 Å². The van der Waals surface area contributed by atoms with Gasteiger partial charge in [-0.05, 0) is 31.9 Å². The van der Waals surface area contributed by atoms with Crippen LogP contribution in [0.15, 0.2) is 18.3 Å². The molecule has 1 aliphatic rings. The van der Waals surface area contributed by atoms with Gasteiger partial charge in [-0.2, -0.15) is 0 Å². The van der Waals surface area contributed by atoms with Crippen molar-refractivity contribution < 1.29 is 19.8 Å². The molecule has 0 aliphatic carbocycles. The zero-order valence-electron chi connectivity index (χ0n) is 10.9. The van der Waals surface area contributed by atoms with E-state index in [4.69, 9.17) is 5.11 Å². The molecule has 19 heavy (non-hydrogen) atoms. The fraction of sp³-hybridized carbons (Fsp3) is 0.538. The van der Waals surface area contributed by atoms with Crippen LogP contribution in [0.1, 0.15) is 30.3 Å². The first-order valence-electron chi connectivity index (χ1n) is 6.28. The number of hydrogen-bond donors (Lipinski definition) is 2. The Balaban J connectivity index is 2.08. The number of aromatic nitrogens is 1. The molecule has 0 bridgehead atoms. The van der Waals surface area contributed by atoms with Crippen molar-refractivity contribution in [3.8, 4) is 0 Å². The van der Waals surface area contributed by atoms with Crippen LogP contribution in [-0.2, 0) is 11.3 Å². The van der Waals surface area contributed by atoms with E-state index in [9.17, 15) is 14.7 Å². The van der Waals surface area contributed by atoms with Crippen molar-refractivity contribution in [2.24, 2.45) is 0 Å². The summed E-state index contributed by atoms with van der Waals surface area (Å²) in [5.41, 5.74) is -0.330. The van der Waals surface area contributed by atoms with E-state index >= 15 is 0 Å². The predicted octanol–water partition coefficient (Wildman–Crippen LogP) is 0.560. The molecule has 104 valence electrons. The summed E-state index contributed by atoms with van der Waals surface area (Å²) in [5, 5.41) is 18.6. The molecule has 1 aromatic heterocycles. The number of carbonyl (C=O) groups is 2. The monoisotopic (exact) mass is 266 g/mol. The first-order chi connectivity index (χ1) is 8.89. The quantitative estimate of drug-likeness (QED) is 0.837. The summed E-state index contributed by atoms with van der Waals surface area (Å²) in [6.07, 6.45) is 2.66. The van der Waals surface area contributed by atoms with Crippen molar-refractivity contribution in [1.82, 2.24) is 9.47 Å². The van der Waals surface area contributed by atoms with E-state index in [1.807, 2.05) is 0 Å². The minimum absolute atomic E-state index is 0.179. The highest BCUT2D eigenvalue weighted by atomic mass is 16.4. The Kier molecular flexibility index (Phi) is 3.61. The fourth-order valence-electron chi connectivity index (χ4n) is 2.25. The van der Waals surface area contributed by atoms with E-state index in [1.54, 1.807) is 30.2 Å². The van der Waals surface area contributed by atoms with Crippen LogP contribution in [0.5, 0.6) is 0 Å². The largest absolute Gasteiger partial charge is 0.480 e. The van der Waals surface area contributed by atoms with Gasteiger partial charge in [0.2, 0.25) is 0 Å². The van der Waals surface area contributed by atoms with Gasteiger partial charge in [0.25, 0.3) is 5.91 Å². The van der Waals surface area contributed by atoms with Gasteiger partial charge in [-0.25, -0.2) is 0 Å². The van der Waals surface area contributed by atoms with E-state index in [0.717, 1.165) is 0 Å². The number of carboxylic acids is 1. The van der Waals surface area contributed by atoms with Gasteiger partial charge in [0, 0.05) is 19.3 Å². The normalized spacial score (nSPS) is 18.3. The molecule has 1 aromatic rings. The van der Waals surface area contributed by atoms with Crippen LogP contribution in [-0.4, -0.2) is 50.2 Å².